The average Bonchev–Trinajstić information content (AvgIpc) is 2.58. The molecular formula is C18H21ClN2O. The molecule has 0 spiro atoms. The molecule has 3 rings (SSSR count). The van der Waals surface area contributed by atoms with E-state index >= 15 is 0 Å². The summed E-state index contributed by atoms with van der Waals surface area (Å²) in [4.78, 5) is 4.83. The molecule has 4 heteroatoms. The van der Waals surface area contributed by atoms with Gasteiger partial charge >= 0.3 is 0 Å². The number of para-hydroxylation sites is 1. The zero-order valence-corrected chi connectivity index (χ0v) is 13.4. The van der Waals surface area contributed by atoms with E-state index in [0.29, 0.717) is 5.88 Å². The van der Waals surface area contributed by atoms with Crippen LogP contribution in [0.15, 0.2) is 54.6 Å². The number of benzene rings is 2. The Kier molecular flexibility index (Phi) is 5.20. The standard InChI is InChI=1S/C18H21ClN2O/c19-10-11-20-12-14-21(15-13-20)16-6-8-18(9-7-16)22-17-4-2-1-3-5-17/h1-9H,10-15H2. The van der Waals surface area contributed by atoms with Gasteiger partial charge in [-0.25, -0.2) is 0 Å². The molecule has 0 saturated carbocycles. The molecule has 0 aromatic heterocycles. The number of piperazine rings is 1. The number of ether oxygens (including phenoxy) is 1. The normalized spacial score (nSPS) is 15.8. The molecule has 0 N–H and O–H groups in total. The minimum absolute atomic E-state index is 0.714. The second-order valence-corrected chi connectivity index (χ2v) is 5.80. The third-order valence-electron chi connectivity index (χ3n) is 3.95. The van der Waals surface area contributed by atoms with Gasteiger partial charge in [0.1, 0.15) is 11.5 Å². The molecule has 2 aromatic carbocycles. The molecule has 1 saturated heterocycles. The van der Waals surface area contributed by atoms with E-state index in [4.69, 9.17) is 16.3 Å². The maximum atomic E-state index is 5.83. The van der Waals surface area contributed by atoms with Crippen molar-refractivity contribution in [2.24, 2.45) is 0 Å². The quantitative estimate of drug-likeness (QED) is 0.779. The van der Waals surface area contributed by atoms with E-state index in [-0.39, 0.29) is 0 Å². The first-order valence-corrected chi connectivity index (χ1v) is 8.25. The van der Waals surface area contributed by atoms with Crippen LogP contribution in [0, 0.1) is 0 Å². The molecular weight excluding hydrogens is 296 g/mol. The minimum Gasteiger partial charge on any atom is -0.457 e. The van der Waals surface area contributed by atoms with E-state index in [0.717, 1.165) is 44.2 Å². The highest BCUT2D eigenvalue weighted by Gasteiger charge is 2.16. The van der Waals surface area contributed by atoms with Crippen LogP contribution in [0.2, 0.25) is 0 Å². The number of hydrogen-bond acceptors (Lipinski definition) is 3. The molecule has 3 nitrogen and oxygen atoms in total. The SMILES string of the molecule is ClCCN1CCN(c2ccc(Oc3ccccc3)cc2)CC1. The second-order valence-electron chi connectivity index (χ2n) is 5.43. The van der Waals surface area contributed by atoms with Gasteiger partial charge in [0.2, 0.25) is 0 Å². The predicted octanol–water partition coefficient (Wildman–Crippen LogP) is 3.84. The monoisotopic (exact) mass is 316 g/mol. The highest BCUT2D eigenvalue weighted by atomic mass is 35.5. The van der Waals surface area contributed by atoms with Crippen LogP contribution in [0.5, 0.6) is 11.5 Å². The van der Waals surface area contributed by atoms with Crippen LogP contribution in [-0.4, -0.2) is 43.5 Å². The van der Waals surface area contributed by atoms with Crippen LogP contribution >= 0.6 is 11.6 Å². The van der Waals surface area contributed by atoms with Crippen LogP contribution in [0.3, 0.4) is 0 Å². The molecule has 0 bridgehead atoms. The lowest BCUT2D eigenvalue weighted by Gasteiger charge is -2.35. The van der Waals surface area contributed by atoms with Crippen molar-refractivity contribution < 1.29 is 4.74 Å². The summed E-state index contributed by atoms with van der Waals surface area (Å²) in [5, 5.41) is 0. The van der Waals surface area contributed by atoms with Gasteiger partial charge in [-0.2, -0.15) is 0 Å². The summed E-state index contributed by atoms with van der Waals surface area (Å²) in [7, 11) is 0. The van der Waals surface area contributed by atoms with Gasteiger partial charge in [0.15, 0.2) is 0 Å². The number of nitrogens with zero attached hydrogens (tertiary/aromatic N) is 2. The lowest BCUT2D eigenvalue weighted by atomic mass is 10.2. The summed E-state index contributed by atoms with van der Waals surface area (Å²) in [6.45, 7) is 5.24. The summed E-state index contributed by atoms with van der Waals surface area (Å²) in [6, 6.07) is 18.2. The Morgan fingerprint density at radius 3 is 2.09 bits per heavy atom. The molecule has 116 valence electrons. The van der Waals surface area contributed by atoms with Crippen molar-refractivity contribution in [3.8, 4) is 11.5 Å². The molecule has 2 aromatic rings. The van der Waals surface area contributed by atoms with Gasteiger partial charge < -0.3 is 9.64 Å². The van der Waals surface area contributed by atoms with Crippen LogP contribution in [0.1, 0.15) is 0 Å². The molecule has 0 unspecified atom stereocenters. The van der Waals surface area contributed by atoms with Crippen molar-refractivity contribution in [2.45, 2.75) is 0 Å². The fourth-order valence-electron chi connectivity index (χ4n) is 2.70. The van der Waals surface area contributed by atoms with Gasteiger partial charge in [-0.05, 0) is 36.4 Å². The number of alkyl halides is 1. The molecule has 0 amide bonds. The van der Waals surface area contributed by atoms with Crippen molar-refractivity contribution in [1.82, 2.24) is 4.90 Å². The van der Waals surface area contributed by atoms with E-state index in [2.05, 4.69) is 21.9 Å². The molecule has 1 aliphatic heterocycles. The Bertz CT molecular complexity index is 565. The van der Waals surface area contributed by atoms with Gasteiger partial charge in [-0.15, -0.1) is 11.6 Å². The molecule has 0 aliphatic carbocycles. The van der Waals surface area contributed by atoms with E-state index in [9.17, 15) is 0 Å². The topological polar surface area (TPSA) is 15.7 Å². The third kappa shape index (κ3) is 3.93. The Labute approximate surface area is 137 Å². The predicted molar refractivity (Wildman–Crippen MR) is 92.3 cm³/mol. The van der Waals surface area contributed by atoms with E-state index in [1.165, 1.54) is 5.69 Å². The zero-order chi connectivity index (χ0) is 15.2. The number of halogens is 1. The first kappa shape index (κ1) is 15.2. The first-order valence-electron chi connectivity index (χ1n) is 7.71. The zero-order valence-electron chi connectivity index (χ0n) is 12.6. The van der Waals surface area contributed by atoms with Crippen molar-refractivity contribution in [3.05, 3.63) is 54.6 Å². The average molecular weight is 317 g/mol. The number of rotatable bonds is 5. The Morgan fingerprint density at radius 1 is 0.818 bits per heavy atom. The van der Waals surface area contributed by atoms with E-state index in [1.807, 2.05) is 42.5 Å². The van der Waals surface area contributed by atoms with Gasteiger partial charge in [0.25, 0.3) is 0 Å². The number of hydrogen-bond donors (Lipinski definition) is 0. The summed E-state index contributed by atoms with van der Waals surface area (Å²) in [5.74, 6) is 2.45. The molecule has 1 heterocycles. The van der Waals surface area contributed by atoms with E-state index < -0.39 is 0 Å². The van der Waals surface area contributed by atoms with Crippen LogP contribution in [0.4, 0.5) is 5.69 Å². The summed E-state index contributed by atoms with van der Waals surface area (Å²) in [6.07, 6.45) is 0. The van der Waals surface area contributed by atoms with Crippen LogP contribution < -0.4 is 9.64 Å². The van der Waals surface area contributed by atoms with Gasteiger partial charge in [0.05, 0.1) is 0 Å². The van der Waals surface area contributed by atoms with Gasteiger partial charge in [0, 0.05) is 44.3 Å². The minimum atomic E-state index is 0.714. The lowest BCUT2D eigenvalue weighted by molar-refractivity contribution is 0.272. The van der Waals surface area contributed by atoms with Crippen LogP contribution in [0.25, 0.3) is 0 Å². The van der Waals surface area contributed by atoms with Crippen molar-refractivity contribution in [1.29, 1.82) is 0 Å². The molecule has 22 heavy (non-hydrogen) atoms. The van der Waals surface area contributed by atoms with Gasteiger partial charge in [-0.1, -0.05) is 18.2 Å². The van der Waals surface area contributed by atoms with E-state index in [1.54, 1.807) is 0 Å². The number of anilines is 1. The fourth-order valence-corrected chi connectivity index (χ4v) is 2.94. The first-order chi connectivity index (χ1) is 10.8. The molecule has 0 radical (unpaired) electrons. The van der Waals surface area contributed by atoms with Crippen molar-refractivity contribution in [2.75, 3.05) is 43.5 Å². The Morgan fingerprint density at radius 2 is 1.45 bits per heavy atom. The largest absolute Gasteiger partial charge is 0.457 e. The van der Waals surface area contributed by atoms with Crippen molar-refractivity contribution >= 4 is 17.3 Å². The summed E-state index contributed by atoms with van der Waals surface area (Å²) in [5.41, 5.74) is 1.26. The second kappa shape index (κ2) is 7.52. The molecule has 0 atom stereocenters. The fraction of sp³-hybridized carbons (Fsp3) is 0.333. The highest BCUT2D eigenvalue weighted by Crippen LogP contribution is 2.24. The summed E-state index contributed by atoms with van der Waals surface area (Å²) < 4.78 is 5.83. The summed E-state index contributed by atoms with van der Waals surface area (Å²) >= 11 is 5.80. The Balaban J connectivity index is 1.58. The van der Waals surface area contributed by atoms with Gasteiger partial charge in [-0.3, -0.25) is 4.90 Å². The van der Waals surface area contributed by atoms with Crippen molar-refractivity contribution in [3.63, 3.8) is 0 Å². The molecule has 1 fully saturated rings. The lowest BCUT2D eigenvalue weighted by Crippen LogP contribution is -2.46. The maximum absolute atomic E-state index is 5.83. The highest BCUT2D eigenvalue weighted by molar-refractivity contribution is 6.18. The smallest absolute Gasteiger partial charge is 0.127 e. The maximum Gasteiger partial charge on any atom is 0.127 e. The molecule has 1 aliphatic rings. The third-order valence-corrected chi connectivity index (χ3v) is 4.12. The Hall–Kier alpha value is -1.71. The van der Waals surface area contributed by atoms with Crippen LogP contribution in [-0.2, 0) is 0 Å².